The quantitative estimate of drug-likeness (QED) is 0.818. The number of morpholine rings is 1. The van der Waals surface area contributed by atoms with Crippen LogP contribution in [0.5, 0.6) is 0 Å². The summed E-state index contributed by atoms with van der Waals surface area (Å²) in [5.74, 6) is 1.29. The van der Waals surface area contributed by atoms with E-state index in [-0.39, 0.29) is 12.5 Å². The third-order valence-corrected chi connectivity index (χ3v) is 4.01. The number of ether oxygens (including phenoxy) is 1. The van der Waals surface area contributed by atoms with Crippen molar-refractivity contribution in [2.75, 3.05) is 50.2 Å². The fraction of sp³-hybridized carbons (Fsp3) is 0.389. The van der Waals surface area contributed by atoms with Gasteiger partial charge in [-0.25, -0.2) is 0 Å². The van der Waals surface area contributed by atoms with Crippen molar-refractivity contribution in [3.63, 3.8) is 0 Å². The van der Waals surface area contributed by atoms with Crippen molar-refractivity contribution in [2.45, 2.75) is 6.54 Å². The first-order valence-electron chi connectivity index (χ1n) is 8.60. The van der Waals surface area contributed by atoms with Gasteiger partial charge in [-0.15, -0.1) is 0 Å². The Morgan fingerprint density at radius 2 is 2.07 bits per heavy atom. The second-order valence-electron chi connectivity index (χ2n) is 6.22. The van der Waals surface area contributed by atoms with E-state index >= 15 is 0 Å². The molecule has 9 heteroatoms. The predicted octanol–water partition coefficient (Wildman–Crippen LogP) is 0.576. The van der Waals surface area contributed by atoms with Crippen LogP contribution in [0.4, 0.5) is 11.9 Å². The summed E-state index contributed by atoms with van der Waals surface area (Å²) in [4.78, 5) is 29.6. The summed E-state index contributed by atoms with van der Waals surface area (Å²) in [6.45, 7) is 2.85. The van der Waals surface area contributed by atoms with Gasteiger partial charge in [0.25, 0.3) is 5.91 Å². The van der Waals surface area contributed by atoms with Crippen LogP contribution in [0.25, 0.3) is 0 Å². The molecule has 1 aliphatic rings. The Kier molecular flexibility index (Phi) is 5.78. The number of aromatic nitrogens is 3. The first-order chi connectivity index (χ1) is 13.1. The fourth-order valence-corrected chi connectivity index (χ4v) is 2.57. The van der Waals surface area contributed by atoms with E-state index in [1.165, 1.54) is 0 Å². The molecule has 3 rings (SSSR count). The molecule has 0 bridgehead atoms. The molecule has 1 N–H and O–H groups in total. The van der Waals surface area contributed by atoms with Crippen molar-refractivity contribution in [1.82, 2.24) is 20.3 Å². The zero-order valence-corrected chi connectivity index (χ0v) is 15.3. The molecule has 27 heavy (non-hydrogen) atoms. The Hall–Kier alpha value is -3.25. The zero-order valence-electron chi connectivity index (χ0n) is 15.3. The Bertz CT molecular complexity index is 857. The molecular formula is C18H21N7O2. The van der Waals surface area contributed by atoms with Gasteiger partial charge in [0.2, 0.25) is 11.9 Å². The number of rotatable bonds is 5. The molecule has 1 fully saturated rings. The summed E-state index contributed by atoms with van der Waals surface area (Å²) >= 11 is 0. The minimum absolute atomic E-state index is 0.163. The van der Waals surface area contributed by atoms with Crippen LogP contribution in [-0.2, 0) is 11.3 Å². The fourth-order valence-electron chi connectivity index (χ4n) is 2.57. The number of amides is 1. The SMILES string of the molecule is CN(C)c1nc(CNC(=O)c2cccc(C#N)c2)nc(N2CCOCC2)n1. The smallest absolute Gasteiger partial charge is 0.251 e. The van der Waals surface area contributed by atoms with Crippen LogP contribution in [0.2, 0.25) is 0 Å². The number of carbonyl (C=O) groups is 1. The predicted molar refractivity (Wildman–Crippen MR) is 99.5 cm³/mol. The molecule has 0 aliphatic carbocycles. The van der Waals surface area contributed by atoms with Crippen molar-refractivity contribution in [1.29, 1.82) is 5.26 Å². The number of nitriles is 1. The van der Waals surface area contributed by atoms with E-state index in [0.29, 0.717) is 55.2 Å². The van der Waals surface area contributed by atoms with E-state index < -0.39 is 0 Å². The second kappa shape index (κ2) is 8.42. The third-order valence-electron chi connectivity index (χ3n) is 4.01. The van der Waals surface area contributed by atoms with Crippen LogP contribution in [0.1, 0.15) is 21.7 Å². The maximum Gasteiger partial charge on any atom is 0.251 e. The molecule has 0 saturated carbocycles. The minimum Gasteiger partial charge on any atom is -0.378 e. The Morgan fingerprint density at radius 3 is 2.78 bits per heavy atom. The van der Waals surface area contributed by atoms with E-state index in [1.54, 1.807) is 29.2 Å². The molecule has 0 unspecified atom stereocenters. The molecule has 0 radical (unpaired) electrons. The molecule has 1 aromatic heterocycles. The Balaban J connectivity index is 1.76. The molecule has 9 nitrogen and oxygen atoms in total. The third kappa shape index (κ3) is 4.68. The van der Waals surface area contributed by atoms with Crippen LogP contribution < -0.4 is 15.1 Å². The second-order valence-corrected chi connectivity index (χ2v) is 6.22. The lowest BCUT2D eigenvalue weighted by molar-refractivity contribution is 0.0950. The first kappa shape index (κ1) is 18.5. The summed E-state index contributed by atoms with van der Waals surface area (Å²) in [6.07, 6.45) is 0. The van der Waals surface area contributed by atoms with Crippen LogP contribution in [0, 0.1) is 11.3 Å². The van der Waals surface area contributed by atoms with E-state index in [4.69, 9.17) is 10.00 Å². The molecule has 2 aromatic rings. The highest BCUT2D eigenvalue weighted by Crippen LogP contribution is 2.14. The lowest BCUT2D eigenvalue weighted by Gasteiger charge is -2.27. The topological polar surface area (TPSA) is 107 Å². The van der Waals surface area contributed by atoms with Crippen molar-refractivity contribution in [3.05, 3.63) is 41.2 Å². The van der Waals surface area contributed by atoms with E-state index in [0.717, 1.165) is 0 Å². The monoisotopic (exact) mass is 367 g/mol. The normalized spacial score (nSPS) is 13.7. The average molecular weight is 367 g/mol. The number of hydrogen-bond acceptors (Lipinski definition) is 8. The van der Waals surface area contributed by atoms with Gasteiger partial charge >= 0.3 is 0 Å². The van der Waals surface area contributed by atoms with Crippen molar-refractivity contribution >= 4 is 17.8 Å². The molecule has 2 heterocycles. The number of benzene rings is 1. The van der Waals surface area contributed by atoms with Gasteiger partial charge in [-0.3, -0.25) is 4.79 Å². The summed E-state index contributed by atoms with van der Waals surface area (Å²) in [5.41, 5.74) is 0.858. The zero-order chi connectivity index (χ0) is 19.2. The minimum atomic E-state index is -0.285. The van der Waals surface area contributed by atoms with Crippen molar-refractivity contribution in [3.8, 4) is 6.07 Å². The molecule has 0 atom stereocenters. The van der Waals surface area contributed by atoms with Gasteiger partial charge in [-0.05, 0) is 18.2 Å². The molecule has 1 saturated heterocycles. The Morgan fingerprint density at radius 1 is 1.30 bits per heavy atom. The number of hydrogen-bond donors (Lipinski definition) is 1. The summed E-state index contributed by atoms with van der Waals surface area (Å²) in [6, 6.07) is 8.57. The highest BCUT2D eigenvalue weighted by molar-refractivity contribution is 5.94. The van der Waals surface area contributed by atoms with Gasteiger partial charge in [-0.1, -0.05) is 6.07 Å². The van der Waals surface area contributed by atoms with Crippen LogP contribution >= 0.6 is 0 Å². The van der Waals surface area contributed by atoms with Crippen LogP contribution in [0.3, 0.4) is 0 Å². The summed E-state index contributed by atoms with van der Waals surface area (Å²) < 4.78 is 5.37. The number of nitrogens with zero attached hydrogens (tertiary/aromatic N) is 6. The number of carbonyl (C=O) groups excluding carboxylic acids is 1. The average Bonchev–Trinajstić information content (AvgIpc) is 2.72. The maximum absolute atomic E-state index is 12.4. The highest BCUT2D eigenvalue weighted by atomic mass is 16.5. The van der Waals surface area contributed by atoms with Crippen molar-refractivity contribution in [2.24, 2.45) is 0 Å². The van der Waals surface area contributed by atoms with Crippen LogP contribution in [-0.4, -0.2) is 61.3 Å². The van der Waals surface area contributed by atoms with Gasteiger partial charge in [0, 0.05) is 32.7 Å². The number of nitrogens with one attached hydrogen (secondary N) is 1. The van der Waals surface area contributed by atoms with Crippen LogP contribution in [0.15, 0.2) is 24.3 Å². The van der Waals surface area contributed by atoms with E-state index in [1.807, 2.05) is 25.1 Å². The van der Waals surface area contributed by atoms with Gasteiger partial charge < -0.3 is 19.9 Å². The molecule has 0 spiro atoms. The standard InChI is InChI=1S/C18H21N7O2/c1-24(2)17-21-15(22-18(23-17)25-6-8-27-9-7-25)12-20-16(26)14-5-3-4-13(10-14)11-19/h3-5,10H,6-9,12H2,1-2H3,(H,20,26). The van der Waals surface area contributed by atoms with E-state index in [9.17, 15) is 4.79 Å². The molecule has 140 valence electrons. The highest BCUT2D eigenvalue weighted by Gasteiger charge is 2.17. The summed E-state index contributed by atoms with van der Waals surface area (Å²) in [5, 5.41) is 11.8. The number of anilines is 2. The largest absolute Gasteiger partial charge is 0.378 e. The molecule has 1 amide bonds. The maximum atomic E-state index is 12.4. The van der Waals surface area contributed by atoms with Gasteiger partial charge in [0.05, 0.1) is 31.4 Å². The molecular weight excluding hydrogens is 346 g/mol. The summed E-state index contributed by atoms with van der Waals surface area (Å²) in [7, 11) is 3.71. The van der Waals surface area contributed by atoms with Gasteiger partial charge in [0.1, 0.15) is 0 Å². The lowest BCUT2D eigenvalue weighted by Crippen LogP contribution is -2.38. The van der Waals surface area contributed by atoms with Crippen molar-refractivity contribution < 1.29 is 9.53 Å². The first-order valence-corrected chi connectivity index (χ1v) is 8.60. The Labute approximate surface area is 157 Å². The van der Waals surface area contributed by atoms with Gasteiger partial charge in [0.15, 0.2) is 5.82 Å². The molecule has 1 aromatic carbocycles. The van der Waals surface area contributed by atoms with Gasteiger partial charge in [-0.2, -0.15) is 20.2 Å². The molecule has 1 aliphatic heterocycles. The van der Waals surface area contributed by atoms with E-state index in [2.05, 4.69) is 20.3 Å². The lowest BCUT2D eigenvalue weighted by atomic mass is 10.1.